The van der Waals surface area contributed by atoms with E-state index in [1.54, 1.807) is 55.5 Å². The summed E-state index contributed by atoms with van der Waals surface area (Å²) < 4.78 is 10.1. The summed E-state index contributed by atoms with van der Waals surface area (Å²) in [5, 5.41) is 40.2. The van der Waals surface area contributed by atoms with Gasteiger partial charge in [-0.2, -0.15) is 0 Å². The van der Waals surface area contributed by atoms with Crippen LogP contribution in [0.25, 0.3) is 0 Å². The molecule has 0 heterocycles. The van der Waals surface area contributed by atoms with Crippen molar-refractivity contribution in [3.05, 3.63) is 71.4 Å². The van der Waals surface area contributed by atoms with E-state index >= 15 is 0 Å². The first-order valence-corrected chi connectivity index (χ1v) is 15.3. The van der Waals surface area contributed by atoms with Crippen LogP contribution in [0.5, 0.6) is 0 Å². The van der Waals surface area contributed by atoms with Crippen molar-refractivity contribution in [1.29, 1.82) is 0 Å². The predicted molar refractivity (Wildman–Crippen MR) is 170 cm³/mol. The number of primary amides is 1. The Bertz CT molecular complexity index is 1170. The van der Waals surface area contributed by atoms with Crippen LogP contribution in [0.4, 0.5) is 4.79 Å². The molecule has 45 heavy (non-hydrogen) atoms. The van der Waals surface area contributed by atoms with E-state index in [4.69, 9.17) is 31.9 Å². The highest BCUT2D eigenvalue weighted by molar-refractivity contribution is 6.29. The fourth-order valence-electron chi connectivity index (χ4n) is 4.47. The topological polar surface area (TPSA) is 194 Å². The maximum absolute atomic E-state index is 12.4. The molecule has 7 atom stereocenters. The minimum Gasteiger partial charge on any atom is -0.481 e. The van der Waals surface area contributed by atoms with Gasteiger partial charge >= 0.3 is 18.0 Å². The van der Waals surface area contributed by atoms with Crippen molar-refractivity contribution in [3.63, 3.8) is 0 Å². The number of aliphatic hydroxyl groups is 3. The van der Waals surface area contributed by atoms with E-state index in [0.29, 0.717) is 17.9 Å². The Morgan fingerprint density at radius 1 is 1.02 bits per heavy atom. The maximum Gasteiger partial charge on any atom is 0.405 e. The fourth-order valence-corrected chi connectivity index (χ4v) is 4.63. The van der Waals surface area contributed by atoms with Gasteiger partial charge < -0.3 is 35.6 Å². The Morgan fingerprint density at radius 2 is 1.69 bits per heavy atom. The van der Waals surface area contributed by atoms with Gasteiger partial charge in [-0.25, -0.2) is 9.59 Å². The van der Waals surface area contributed by atoms with E-state index in [1.807, 2.05) is 13.8 Å². The number of aliphatic hydroxyl groups excluding tert-OH is 3. The number of nitrogens with two attached hydrogens (primary N) is 1. The molecule has 6 N–H and O–H groups in total. The van der Waals surface area contributed by atoms with E-state index in [2.05, 4.69) is 0 Å². The van der Waals surface area contributed by atoms with Crippen molar-refractivity contribution in [2.75, 3.05) is 0 Å². The smallest absolute Gasteiger partial charge is 0.405 e. The number of carbonyl (C=O) groups is 4. The highest BCUT2D eigenvalue weighted by Gasteiger charge is 2.35. The molecule has 250 valence electrons. The van der Waals surface area contributed by atoms with Gasteiger partial charge in [0.25, 0.3) is 0 Å². The summed E-state index contributed by atoms with van der Waals surface area (Å²) in [5.41, 5.74) is 5.90. The number of carbonyl (C=O) groups excluding carboxylic acids is 3. The van der Waals surface area contributed by atoms with Crippen LogP contribution in [-0.4, -0.2) is 74.8 Å². The summed E-state index contributed by atoms with van der Waals surface area (Å²) in [4.78, 5) is 46.7. The maximum atomic E-state index is 12.4. The molecule has 0 aliphatic heterocycles. The first kappa shape index (κ1) is 39.5. The number of rotatable bonds is 18. The molecule has 0 unspecified atom stereocenters. The van der Waals surface area contributed by atoms with Gasteiger partial charge in [-0.1, -0.05) is 73.6 Å². The predicted octanol–water partition coefficient (Wildman–Crippen LogP) is 4.41. The van der Waals surface area contributed by atoms with Crippen LogP contribution in [0.1, 0.15) is 65.7 Å². The third-order valence-electron chi connectivity index (χ3n) is 7.02. The van der Waals surface area contributed by atoms with Crippen molar-refractivity contribution in [2.24, 2.45) is 17.6 Å². The molecule has 1 saturated carbocycles. The van der Waals surface area contributed by atoms with Crippen LogP contribution in [0.15, 0.2) is 71.4 Å². The van der Waals surface area contributed by atoms with Gasteiger partial charge in [-0.3, -0.25) is 9.59 Å². The van der Waals surface area contributed by atoms with E-state index < -0.39 is 60.3 Å². The molecule has 0 aromatic heterocycles. The number of halogens is 1. The van der Waals surface area contributed by atoms with Gasteiger partial charge in [0, 0.05) is 30.4 Å². The number of carboxylic acids is 1. The van der Waals surface area contributed by atoms with Crippen molar-refractivity contribution < 1.29 is 49.1 Å². The second kappa shape index (κ2) is 21.3. The molecule has 0 radical (unpaired) electrons. The average Bonchev–Trinajstić information content (AvgIpc) is 2.96. The van der Waals surface area contributed by atoms with Crippen LogP contribution < -0.4 is 5.73 Å². The Labute approximate surface area is 269 Å². The minimum absolute atomic E-state index is 0.0359. The Kier molecular flexibility index (Phi) is 18.7. The van der Waals surface area contributed by atoms with Crippen molar-refractivity contribution >= 4 is 35.4 Å². The molecular weight excluding hydrogens is 606 g/mol. The Morgan fingerprint density at radius 3 is 2.33 bits per heavy atom. The SMILES string of the molecule is CC/C=C/[C@H](C[C@H](O)CC(=O)[C@@H](O)C[C@H](C)/C(Cl)=C/C=C/C=C(C)/C=C/C=C/C(=O)O[C@@H]1C[C@@H](C(=O)O)CC[C@@H]1O)OC(N)=O. The van der Waals surface area contributed by atoms with Crippen molar-refractivity contribution in [2.45, 2.75) is 96.2 Å². The standard InChI is InChI=1S/C33H46ClNO10/c1-4-5-12-25(44-33(35)43)19-24(36)20-29(39)28(38)17-22(3)26(34)13-8-6-10-21(2)11-7-9-14-31(40)45-30-18-23(32(41)42)15-16-27(30)37/h5-14,22-25,27-28,30,36-38H,4,15-20H2,1-3H3,(H2,35,43)(H,41,42)/b8-6+,11-7+,12-5+,14-9+,21-10+,26-13-/t22-,23-,24-,25+,27-,28-,30+/m0/s1. The van der Waals surface area contributed by atoms with Gasteiger partial charge in [0.15, 0.2) is 5.78 Å². The quantitative estimate of drug-likeness (QED) is 0.0613. The normalized spacial score (nSPS) is 22.5. The minimum atomic E-state index is -1.34. The zero-order valence-corrected chi connectivity index (χ0v) is 26.7. The van der Waals surface area contributed by atoms with Gasteiger partial charge in [0.05, 0.1) is 18.1 Å². The summed E-state index contributed by atoms with van der Waals surface area (Å²) in [7, 11) is 0. The third-order valence-corrected chi connectivity index (χ3v) is 7.51. The van der Waals surface area contributed by atoms with Gasteiger partial charge in [-0.05, 0) is 50.7 Å². The number of Topliss-reactive ketones (excluding diaryl/α,β-unsaturated/α-hetero) is 1. The van der Waals surface area contributed by atoms with Crippen LogP contribution >= 0.6 is 11.6 Å². The zero-order valence-electron chi connectivity index (χ0n) is 26.0. The summed E-state index contributed by atoms with van der Waals surface area (Å²) in [6, 6.07) is 0. The first-order valence-electron chi connectivity index (χ1n) is 14.9. The van der Waals surface area contributed by atoms with E-state index in [1.165, 1.54) is 12.2 Å². The molecular formula is C33H46ClNO10. The average molecular weight is 652 g/mol. The molecule has 0 saturated heterocycles. The number of carboxylic acid groups (broad SMARTS) is 1. The van der Waals surface area contributed by atoms with Gasteiger partial charge in [-0.15, -0.1) is 0 Å². The summed E-state index contributed by atoms with van der Waals surface area (Å²) in [5.74, 6) is -3.18. The highest BCUT2D eigenvalue weighted by Crippen LogP contribution is 2.27. The lowest BCUT2D eigenvalue weighted by Gasteiger charge is -2.30. The number of ether oxygens (including phenoxy) is 2. The number of amides is 1. The summed E-state index contributed by atoms with van der Waals surface area (Å²) in [6.45, 7) is 5.48. The molecule has 0 aromatic rings. The third kappa shape index (κ3) is 16.9. The van der Waals surface area contributed by atoms with Crippen molar-refractivity contribution in [1.82, 2.24) is 0 Å². The number of allylic oxidation sites excluding steroid dienone is 10. The lowest BCUT2D eigenvalue weighted by Crippen LogP contribution is -2.39. The molecule has 11 nitrogen and oxygen atoms in total. The van der Waals surface area contributed by atoms with Crippen molar-refractivity contribution in [3.8, 4) is 0 Å². The molecule has 0 spiro atoms. The molecule has 1 aliphatic carbocycles. The monoisotopic (exact) mass is 651 g/mol. The molecule has 1 fully saturated rings. The lowest BCUT2D eigenvalue weighted by molar-refractivity contribution is -0.159. The number of aliphatic carboxylic acids is 1. The molecule has 0 aromatic carbocycles. The van der Waals surface area contributed by atoms with Crippen LogP contribution in [0.2, 0.25) is 0 Å². The number of esters is 1. The molecule has 0 bridgehead atoms. The number of hydrogen-bond acceptors (Lipinski definition) is 9. The second-order valence-corrected chi connectivity index (χ2v) is 11.4. The largest absolute Gasteiger partial charge is 0.481 e. The zero-order chi connectivity index (χ0) is 33.9. The number of ketones is 1. The van der Waals surface area contributed by atoms with Crippen LogP contribution in [-0.2, 0) is 23.9 Å². The molecule has 1 amide bonds. The first-order chi connectivity index (χ1) is 21.2. The molecule has 1 rings (SSSR count). The Hall–Kier alpha value is -3.51. The molecule has 1 aliphatic rings. The lowest BCUT2D eigenvalue weighted by atomic mass is 9.85. The van der Waals surface area contributed by atoms with Gasteiger partial charge in [0.1, 0.15) is 18.3 Å². The van der Waals surface area contributed by atoms with E-state index in [9.17, 15) is 34.5 Å². The van der Waals surface area contributed by atoms with Gasteiger partial charge in [0.2, 0.25) is 0 Å². The second-order valence-electron chi connectivity index (χ2n) is 11.0. The Balaban J connectivity index is 2.53. The fraction of sp³-hybridized carbons (Fsp3) is 0.515. The van der Waals surface area contributed by atoms with Crippen LogP contribution in [0.3, 0.4) is 0 Å². The number of hydrogen-bond donors (Lipinski definition) is 5. The van der Waals surface area contributed by atoms with Crippen LogP contribution in [0, 0.1) is 11.8 Å². The van der Waals surface area contributed by atoms with E-state index in [-0.39, 0.29) is 38.0 Å². The summed E-state index contributed by atoms with van der Waals surface area (Å²) in [6.07, 6.45) is 11.4. The summed E-state index contributed by atoms with van der Waals surface area (Å²) >= 11 is 6.34. The van der Waals surface area contributed by atoms with E-state index in [0.717, 1.165) is 5.57 Å². The highest BCUT2D eigenvalue weighted by atomic mass is 35.5. The molecule has 12 heteroatoms.